The molecule has 0 fully saturated rings. The van der Waals surface area contributed by atoms with E-state index in [0.717, 1.165) is 29.0 Å². The van der Waals surface area contributed by atoms with Crippen LogP contribution in [0, 0.1) is 6.92 Å². The molecule has 0 saturated carbocycles. The molecule has 3 nitrogen and oxygen atoms in total. The van der Waals surface area contributed by atoms with Crippen molar-refractivity contribution < 1.29 is 0 Å². The van der Waals surface area contributed by atoms with Gasteiger partial charge in [0.05, 0.1) is 10.2 Å². The number of allylic oxidation sites excluding steroid dienone is 1. The van der Waals surface area contributed by atoms with E-state index in [1.807, 2.05) is 6.92 Å². The van der Waals surface area contributed by atoms with Crippen molar-refractivity contribution in [1.29, 1.82) is 0 Å². The first-order valence-corrected chi connectivity index (χ1v) is 6.24. The third kappa shape index (κ3) is 2.22. The second-order valence-corrected chi connectivity index (χ2v) is 4.48. The Morgan fingerprint density at radius 3 is 3.12 bits per heavy atom. The molecule has 2 aromatic rings. The molecule has 2 heterocycles. The lowest BCUT2D eigenvalue weighted by Gasteiger charge is -2.04. The summed E-state index contributed by atoms with van der Waals surface area (Å²) in [5.41, 5.74) is 2.28. The van der Waals surface area contributed by atoms with Gasteiger partial charge in [0.25, 0.3) is 0 Å². The second-order valence-electron chi connectivity index (χ2n) is 3.60. The van der Waals surface area contributed by atoms with Crippen LogP contribution in [0.15, 0.2) is 23.9 Å². The SMILES string of the molecule is C/C=C/CCNc1ncnc2c(C)csc12. The highest BCUT2D eigenvalue weighted by molar-refractivity contribution is 7.18. The number of anilines is 1. The molecule has 84 valence electrons. The van der Waals surface area contributed by atoms with E-state index in [-0.39, 0.29) is 0 Å². The van der Waals surface area contributed by atoms with Crippen molar-refractivity contribution in [3.05, 3.63) is 29.4 Å². The predicted molar refractivity (Wildman–Crippen MR) is 70.1 cm³/mol. The highest BCUT2D eigenvalue weighted by Crippen LogP contribution is 2.28. The molecule has 0 spiro atoms. The number of aromatic nitrogens is 2. The van der Waals surface area contributed by atoms with Crippen LogP contribution >= 0.6 is 11.3 Å². The highest BCUT2D eigenvalue weighted by atomic mass is 32.1. The van der Waals surface area contributed by atoms with Crippen LogP contribution < -0.4 is 5.32 Å². The topological polar surface area (TPSA) is 37.8 Å². The minimum atomic E-state index is 0.910. The lowest BCUT2D eigenvalue weighted by Crippen LogP contribution is -2.02. The van der Waals surface area contributed by atoms with Crippen LogP contribution in [-0.4, -0.2) is 16.5 Å². The fraction of sp³-hybridized carbons (Fsp3) is 0.333. The van der Waals surface area contributed by atoms with Gasteiger partial charge in [0.1, 0.15) is 12.1 Å². The third-order valence-electron chi connectivity index (χ3n) is 2.37. The first-order chi connectivity index (χ1) is 7.83. The summed E-state index contributed by atoms with van der Waals surface area (Å²) in [6, 6.07) is 0. The normalized spacial score (nSPS) is 11.4. The Kier molecular flexibility index (Phi) is 3.51. The summed E-state index contributed by atoms with van der Waals surface area (Å²) in [4.78, 5) is 8.57. The molecule has 0 saturated heterocycles. The van der Waals surface area contributed by atoms with Gasteiger partial charge in [-0.3, -0.25) is 0 Å². The summed E-state index contributed by atoms with van der Waals surface area (Å²) in [7, 11) is 0. The molecule has 0 atom stereocenters. The van der Waals surface area contributed by atoms with Gasteiger partial charge >= 0.3 is 0 Å². The van der Waals surface area contributed by atoms with Gasteiger partial charge in [0.15, 0.2) is 0 Å². The molecule has 0 bridgehead atoms. The summed E-state index contributed by atoms with van der Waals surface area (Å²) in [6.07, 6.45) is 6.85. The average Bonchev–Trinajstić information content (AvgIpc) is 2.68. The maximum Gasteiger partial charge on any atom is 0.147 e. The van der Waals surface area contributed by atoms with Gasteiger partial charge in [-0.05, 0) is 31.2 Å². The van der Waals surface area contributed by atoms with Crippen molar-refractivity contribution in [2.75, 3.05) is 11.9 Å². The number of nitrogens with zero attached hydrogens (tertiary/aromatic N) is 2. The zero-order valence-electron chi connectivity index (χ0n) is 9.53. The van der Waals surface area contributed by atoms with Gasteiger partial charge in [0, 0.05) is 6.54 Å². The molecule has 4 heteroatoms. The van der Waals surface area contributed by atoms with E-state index in [0.29, 0.717) is 0 Å². The smallest absolute Gasteiger partial charge is 0.147 e. The first-order valence-electron chi connectivity index (χ1n) is 5.36. The van der Waals surface area contributed by atoms with E-state index in [1.54, 1.807) is 17.7 Å². The summed E-state index contributed by atoms with van der Waals surface area (Å²) >= 11 is 1.70. The van der Waals surface area contributed by atoms with Crippen molar-refractivity contribution >= 4 is 27.4 Å². The van der Waals surface area contributed by atoms with E-state index in [9.17, 15) is 0 Å². The van der Waals surface area contributed by atoms with Crippen LogP contribution in [0.3, 0.4) is 0 Å². The fourth-order valence-electron chi connectivity index (χ4n) is 1.54. The number of thiophene rings is 1. The minimum absolute atomic E-state index is 0.910. The van der Waals surface area contributed by atoms with Crippen molar-refractivity contribution in [3.63, 3.8) is 0 Å². The molecule has 0 aliphatic heterocycles. The van der Waals surface area contributed by atoms with E-state index in [1.165, 1.54) is 5.56 Å². The molecule has 16 heavy (non-hydrogen) atoms. The average molecular weight is 233 g/mol. The quantitative estimate of drug-likeness (QED) is 0.650. The lowest BCUT2D eigenvalue weighted by molar-refractivity contribution is 1.04. The molecule has 0 amide bonds. The van der Waals surface area contributed by atoms with Crippen LogP contribution in [0.2, 0.25) is 0 Å². The molecular formula is C12H15N3S. The number of aryl methyl sites for hydroxylation is 1. The van der Waals surface area contributed by atoms with Crippen LogP contribution in [0.1, 0.15) is 18.9 Å². The van der Waals surface area contributed by atoms with Crippen molar-refractivity contribution in [1.82, 2.24) is 9.97 Å². The molecule has 0 aliphatic carbocycles. The van der Waals surface area contributed by atoms with Gasteiger partial charge in [-0.15, -0.1) is 11.3 Å². The standard InChI is InChI=1S/C12H15N3S/c1-3-4-5-6-13-12-11-10(14-8-15-12)9(2)7-16-11/h3-4,7-8H,5-6H2,1-2H3,(H,13,14,15)/b4-3+. The van der Waals surface area contributed by atoms with Gasteiger partial charge in [-0.2, -0.15) is 0 Å². The molecule has 0 aromatic carbocycles. The van der Waals surface area contributed by atoms with E-state index >= 15 is 0 Å². The summed E-state index contributed by atoms with van der Waals surface area (Å²) in [6.45, 7) is 5.02. The number of nitrogens with one attached hydrogen (secondary N) is 1. The summed E-state index contributed by atoms with van der Waals surface area (Å²) in [5.74, 6) is 0.951. The number of hydrogen-bond acceptors (Lipinski definition) is 4. The van der Waals surface area contributed by atoms with Crippen molar-refractivity contribution in [3.8, 4) is 0 Å². The number of fused-ring (bicyclic) bond motifs is 1. The summed E-state index contributed by atoms with van der Waals surface area (Å²) in [5, 5.41) is 5.47. The van der Waals surface area contributed by atoms with Crippen molar-refractivity contribution in [2.24, 2.45) is 0 Å². The third-order valence-corrected chi connectivity index (χ3v) is 3.46. The number of rotatable bonds is 4. The molecule has 0 radical (unpaired) electrons. The summed E-state index contributed by atoms with van der Waals surface area (Å²) < 4.78 is 1.15. The first kappa shape index (κ1) is 11.1. The second kappa shape index (κ2) is 5.07. The Balaban J connectivity index is 2.17. The largest absolute Gasteiger partial charge is 0.368 e. The maximum absolute atomic E-state index is 4.29. The van der Waals surface area contributed by atoms with Gasteiger partial charge < -0.3 is 5.32 Å². The zero-order chi connectivity index (χ0) is 11.4. The highest BCUT2D eigenvalue weighted by Gasteiger charge is 2.06. The molecule has 2 rings (SSSR count). The Morgan fingerprint density at radius 1 is 1.44 bits per heavy atom. The van der Waals surface area contributed by atoms with Crippen LogP contribution in [-0.2, 0) is 0 Å². The molecular weight excluding hydrogens is 218 g/mol. The predicted octanol–water partition coefficient (Wildman–Crippen LogP) is 3.38. The molecule has 0 unspecified atom stereocenters. The Morgan fingerprint density at radius 2 is 2.31 bits per heavy atom. The Bertz CT molecular complexity index is 502. The monoisotopic (exact) mass is 233 g/mol. The lowest BCUT2D eigenvalue weighted by atomic mass is 10.3. The van der Waals surface area contributed by atoms with Crippen LogP contribution in [0.25, 0.3) is 10.2 Å². The zero-order valence-corrected chi connectivity index (χ0v) is 10.3. The van der Waals surface area contributed by atoms with Crippen molar-refractivity contribution in [2.45, 2.75) is 20.3 Å². The van der Waals surface area contributed by atoms with E-state index in [4.69, 9.17) is 0 Å². The molecule has 0 aliphatic rings. The van der Waals surface area contributed by atoms with E-state index in [2.05, 4.69) is 39.7 Å². The van der Waals surface area contributed by atoms with Crippen LogP contribution in [0.4, 0.5) is 5.82 Å². The van der Waals surface area contributed by atoms with Crippen LogP contribution in [0.5, 0.6) is 0 Å². The number of hydrogen-bond donors (Lipinski definition) is 1. The Labute approximate surface area is 99.2 Å². The van der Waals surface area contributed by atoms with Gasteiger partial charge in [0.2, 0.25) is 0 Å². The van der Waals surface area contributed by atoms with E-state index < -0.39 is 0 Å². The maximum atomic E-state index is 4.29. The fourth-order valence-corrected chi connectivity index (χ4v) is 2.50. The minimum Gasteiger partial charge on any atom is -0.368 e. The van der Waals surface area contributed by atoms with Gasteiger partial charge in [-0.1, -0.05) is 12.2 Å². The molecule has 2 aromatic heterocycles. The Hall–Kier alpha value is -1.42. The van der Waals surface area contributed by atoms with Gasteiger partial charge in [-0.25, -0.2) is 9.97 Å². The molecule has 1 N–H and O–H groups in total.